The second-order valence-electron chi connectivity index (χ2n) is 7.88. The van der Waals surface area contributed by atoms with Crippen molar-refractivity contribution in [2.45, 2.75) is 24.2 Å². The summed E-state index contributed by atoms with van der Waals surface area (Å²) in [5.74, 6) is 0.372. The van der Waals surface area contributed by atoms with Crippen LogP contribution in [0, 0.1) is 0 Å². The van der Waals surface area contributed by atoms with E-state index in [0.717, 1.165) is 11.1 Å². The molecule has 1 saturated heterocycles. The van der Waals surface area contributed by atoms with Gasteiger partial charge in [-0.05, 0) is 30.2 Å². The number of hydrogen-bond acceptors (Lipinski definition) is 9. The van der Waals surface area contributed by atoms with Crippen LogP contribution in [0.3, 0.4) is 0 Å². The predicted molar refractivity (Wildman–Crippen MR) is 105 cm³/mol. The van der Waals surface area contributed by atoms with Crippen molar-refractivity contribution in [2.75, 3.05) is 35.2 Å². The summed E-state index contributed by atoms with van der Waals surface area (Å²) in [5.41, 5.74) is 2.86. The van der Waals surface area contributed by atoms with E-state index in [0.29, 0.717) is 46.3 Å². The van der Waals surface area contributed by atoms with Crippen LogP contribution in [0.15, 0.2) is 18.2 Å². The summed E-state index contributed by atoms with van der Waals surface area (Å²) in [6.07, 6.45) is 0.686. The molecule has 3 heterocycles. The molecule has 0 radical (unpaired) electrons. The fourth-order valence-electron chi connectivity index (χ4n) is 5.41. The van der Waals surface area contributed by atoms with E-state index in [1.165, 1.54) is 14.2 Å². The van der Waals surface area contributed by atoms with Crippen molar-refractivity contribution in [3.05, 3.63) is 40.5 Å². The molecule has 9 heteroatoms. The van der Waals surface area contributed by atoms with Gasteiger partial charge in [-0.2, -0.15) is 5.06 Å². The minimum absolute atomic E-state index is 0.0710. The Morgan fingerprint density at radius 1 is 1.10 bits per heavy atom. The molecule has 162 valence electrons. The van der Waals surface area contributed by atoms with Gasteiger partial charge in [0.15, 0.2) is 23.0 Å². The summed E-state index contributed by atoms with van der Waals surface area (Å²) in [6, 6.07) is 5.46. The number of rotatable bonds is 3. The highest BCUT2D eigenvalue weighted by Gasteiger charge is 2.66. The first-order chi connectivity index (χ1) is 15.0. The Morgan fingerprint density at radius 3 is 2.65 bits per heavy atom. The van der Waals surface area contributed by atoms with E-state index in [1.54, 1.807) is 24.3 Å². The van der Waals surface area contributed by atoms with E-state index in [4.69, 9.17) is 33.3 Å². The average Bonchev–Trinajstić information content (AvgIpc) is 3.50. The lowest BCUT2D eigenvalue weighted by atomic mass is 9.84. The number of carbonyl (C=O) groups excluding carboxylic acids is 1. The third kappa shape index (κ3) is 2.14. The SMILES string of the molecule is COc1ccc2c(c1OC)C(=O)O[C@]21ON(C)[C@H]2Cc3cc4c(c(OC)c3[C@H]21)OCO4. The van der Waals surface area contributed by atoms with Gasteiger partial charge in [0.1, 0.15) is 5.56 Å². The van der Waals surface area contributed by atoms with Crippen molar-refractivity contribution < 1.29 is 38.1 Å². The van der Waals surface area contributed by atoms with Crippen LogP contribution in [0.2, 0.25) is 0 Å². The minimum Gasteiger partial charge on any atom is -0.493 e. The van der Waals surface area contributed by atoms with Gasteiger partial charge in [-0.15, -0.1) is 0 Å². The molecule has 1 fully saturated rings. The number of methoxy groups -OCH3 is 3. The molecule has 9 nitrogen and oxygen atoms in total. The smallest absolute Gasteiger partial charge is 0.345 e. The number of hydroxylamine groups is 2. The van der Waals surface area contributed by atoms with Crippen molar-refractivity contribution in [3.63, 3.8) is 0 Å². The van der Waals surface area contributed by atoms with Crippen LogP contribution in [-0.2, 0) is 21.8 Å². The van der Waals surface area contributed by atoms with Gasteiger partial charge >= 0.3 is 5.97 Å². The van der Waals surface area contributed by atoms with Crippen molar-refractivity contribution in [3.8, 4) is 28.7 Å². The van der Waals surface area contributed by atoms with Gasteiger partial charge in [-0.25, -0.2) is 9.63 Å². The highest BCUT2D eigenvalue weighted by atomic mass is 16.8. The van der Waals surface area contributed by atoms with Crippen LogP contribution in [0.25, 0.3) is 0 Å². The normalized spacial score (nSPS) is 27.2. The van der Waals surface area contributed by atoms with Crippen LogP contribution in [0.4, 0.5) is 0 Å². The Kier molecular flexibility index (Phi) is 3.70. The van der Waals surface area contributed by atoms with Crippen LogP contribution in [0.5, 0.6) is 28.7 Å². The Morgan fingerprint density at radius 2 is 1.90 bits per heavy atom. The number of benzene rings is 2. The van der Waals surface area contributed by atoms with Gasteiger partial charge in [-0.1, -0.05) is 0 Å². The van der Waals surface area contributed by atoms with E-state index in [2.05, 4.69) is 0 Å². The molecule has 0 amide bonds. The fourth-order valence-corrected chi connectivity index (χ4v) is 5.41. The fraction of sp³-hybridized carbons (Fsp3) is 0.409. The van der Waals surface area contributed by atoms with E-state index in [9.17, 15) is 4.79 Å². The molecule has 0 saturated carbocycles. The number of hydrogen-bond donors (Lipinski definition) is 0. The van der Waals surface area contributed by atoms with Crippen molar-refractivity contribution in [2.24, 2.45) is 0 Å². The summed E-state index contributed by atoms with van der Waals surface area (Å²) in [7, 11) is 6.46. The Balaban J connectivity index is 1.60. The first-order valence-electron chi connectivity index (χ1n) is 9.94. The zero-order valence-electron chi connectivity index (χ0n) is 17.5. The molecule has 3 atom stereocenters. The maximum Gasteiger partial charge on any atom is 0.345 e. The molecule has 1 aliphatic carbocycles. The number of ether oxygens (including phenoxy) is 6. The monoisotopic (exact) mass is 427 g/mol. The average molecular weight is 427 g/mol. The maximum absolute atomic E-state index is 13.1. The molecule has 3 aliphatic heterocycles. The largest absolute Gasteiger partial charge is 0.493 e. The Labute approximate surface area is 178 Å². The Hall–Kier alpha value is -3.17. The maximum atomic E-state index is 13.1. The van der Waals surface area contributed by atoms with Crippen molar-refractivity contribution in [1.29, 1.82) is 0 Å². The third-order valence-corrected chi connectivity index (χ3v) is 6.60. The number of fused-ring (bicyclic) bond motifs is 7. The second-order valence-corrected chi connectivity index (χ2v) is 7.88. The van der Waals surface area contributed by atoms with Crippen LogP contribution < -0.4 is 23.7 Å². The molecule has 0 aromatic heterocycles. The summed E-state index contributed by atoms with van der Waals surface area (Å²) < 4.78 is 34.0. The van der Waals surface area contributed by atoms with E-state index >= 15 is 0 Å². The lowest BCUT2D eigenvalue weighted by Gasteiger charge is -2.29. The molecular formula is C22H21NO8. The quantitative estimate of drug-likeness (QED) is 0.685. The van der Waals surface area contributed by atoms with Gasteiger partial charge in [0.25, 0.3) is 5.79 Å². The number of carbonyl (C=O) groups is 1. The number of nitrogens with zero attached hydrogens (tertiary/aromatic N) is 1. The highest BCUT2D eigenvalue weighted by molar-refractivity contribution is 5.99. The molecule has 6 rings (SSSR count). The zero-order chi connectivity index (χ0) is 21.5. The molecule has 31 heavy (non-hydrogen) atoms. The standard InChI is InChI=1S/C22H21NO8/c1-23-12-7-10-8-14-19(29-9-28-14)20(27-4)15(10)17(12)22(31-23)11-5-6-13(25-2)18(26-3)16(11)21(24)30-22/h5-6,8,12,17H,7,9H2,1-4H3/t12-,17-,22-/m0/s1. The third-order valence-electron chi connectivity index (χ3n) is 6.60. The van der Waals surface area contributed by atoms with Gasteiger partial charge < -0.3 is 28.4 Å². The van der Waals surface area contributed by atoms with E-state index in [1.807, 2.05) is 13.1 Å². The lowest BCUT2D eigenvalue weighted by molar-refractivity contribution is -0.281. The summed E-state index contributed by atoms with van der Waals surface area (Å²) in [6.45, 7) is 0.138. The van der Waals surface area contributed by atoms with Gasteiger partial charge in [0.05, 0.1) is 33.3 Å². The van der Waals surface area contributed by atoms with Crippen LogP contribution in [0.1, 0.15) is 33.0 Å². The predicted octanol–water partition coefficient (Wildman–Crippen LogP) is 2.35. The highest BCUT2D eigenvalue weighted by Crippen LogP contribution is 2.63. The first-order valence-corrected chi connectivity index (χ1v) is 9.94. The van der Waals surface area contributed by atoms with Gasteiger partial charge in [-0.3, -0.25) is 0 Å². The molecule has 0 N–H and O–H groups in total. The van der Waals surface area contributed by atoms with Crippen LogP contribution >= 0.6 is 0 Å². The Bertz CT molecular complexity index is 1130. The molecule has 0 unspecified atom stereocenters. The summed E-state index contributed by atoms with van der Waals surface area (Å²) in [5, 5.41) is 1.76. The topological polar surface area (TPSA) is 84.9 Å². The van der Waals surface area contributed by atoms with Gasteiger partial charge in [0, 0.05) is 18.2 Å². The number of likely N-dealkylation sites (N-methyl/N-ethyl adjacent to an activating group) is 1. The minimum atomic E-state index is -1.35. The molecule has 2 aromatic rings. The summed E-state index contributed by atoms with van der Waals surface area (Å²) >= 11 is 0. The molecular weight excluding hydrogens is 406 g/mol. The van der Waals surface area contributed by atoms with Crippen LogP contribution in [-0.4, -0.2) is 52.2 Å². The summed E-state index contributed by atoms with van der Waals surface area (Å²) in [4.78, 5) is 19.4. The number of esters is 1. The molecule has 0 bridgehead atoms. The second kappa shape index (κ2) is 6.18. The molecule has 2 aromatic carbocycles. The van der Waals surface area contributed by atoms with Crippen molar-refractivity contribution >= 4 is 5.97 Å². The van der Waals surface area contributed by atoms with Gasteiger partial charge in [0.2, 0.25) is 12.5 Å². The molecule has 4 aliphatic rings. The molecule has 1 spiro atoms. The zero-order valence-corrected chi connectivity index (χ0v) is 17.5. The van der Waals surface area contributed by atoms with E-state index in [-0.39, 0.29) is 18.8 Å². The van der Waals surface area contributed by atoms with Crippen molar-refractivity contribution in [1.82, 2.24) is 5.06 Å². The first kappa shape index (κ1) is 18.6. The van der Waals surface area contributed by atoms with E-state index < -0.39 is 11.8 Å². The lowest BCUT2D eigenvalue weighted by Crippen LogP contribution is -2.33.